The molecule has 0 bridgehead atoms. The number of halogens is 1. The predicted molar refractivity (Wildman–Crippen MR) is 105 cm³/mol. The molecule has 0 unspecified atom stereocenters. The maximum absolute atomic E-state index is 12.2. The number of benzene rings is 1. The van der Waals surface area contributed by atoms with Gasteiger partial charge in [0.1, 0.15) is 11.2 Å². The van der Waals surface area contributed by atoms with Crippen LogP contribution >= 0.6 is 33.9 Å². The van der Waals surface area contributed by atoms with E-state index in [2.05, 4.69) is 37.9 Å². The van der Waals surface area contributed by atoms with E-state index in [0.717, 1.165) is 30.6 Å². The Labute approximate surface area is 157 Å². The van der Waals surface area contributed by atoms with Crippen molar-refractivity contribution in [3.8, 4) is 5.88 Å². The maximum Gasteiger partial charge on any atom is 0.262 e. The third-order valence-electron chi connectivity index (χ3n) is 3.73. The van der Waals surface area contributed by atoms with E-state index in [4.69, 9.17) is 4.74 Å². The number of rotatable bonds is 4. The highest BCUT2D eigenvalue weighted by Crippen LogP contribution is 2.33. The van der Waals surface area contributed by atoms with E-state index in [-0.39, 0.29) is 12.5 Å². The molecule has 1 aromatic carbocycles. The number of carbonyl (C=O) groups is 1. The lowest BCUT2D eigenvalue weighted by Crippen LogP contribution is -2.21. The van der Waals surface area contributed by atoms with Gasteiger partial charge in [-0.05, 0) is 72.7 Å². The van der Waals surface area contributed by atoms with Crippen molar-refractivity contribution in [1.82, 2.24) is 9.97 Å². The summed E-state index contributed by atoms with van der Waals surface area (Å²) in [5, 5.41) is 3.75. The number of nitrogens with one attached hydrogen (secondary N) is 1. The normalized spacial score (nSPS) is 10.8. The number of hydrogen-bond donors (Lipinski definition) is 1. The second-order valence-electron chi connectivity index (χ2n) is 5.44. The first-order valence-corrected chi connectivity index (χ1v) is 9.24. The zero-order chi connectivity index (χ0) is 17.3. The Kier molecular flexibility index (Phi) is 5.00. The first-order valence-electron chi connectivity index (χ1n) is 7.35. The zero-order valence-electron chi connectivity index (χ0n) is 13.5. The minimum atomic E-state index is -0.212. The highest BCUT2D eigenvalue weighted by Gasteiger charge is 2.14. The Bertz CT molecular complexity index is 924. The first-order chi connectivity index (χ1) is 11.5. The Morgan fingerprint density at radius 3 is 2.83 bits per heavy atom. The van der Waals surface area contributed by atoms with Crippen molar-refractivity contribution in [3.63, 3.8) is 0 Å². The van der Waals surface area contributed by atoms with Crippen molar-refractivity contribution >= 4 is 55.7 Å². The topological polar surface area (TPSA) is 64.1 Å². The Balaban J connectivity index is 1.73. The molecule has 0 saturated carbocycles. The fourth-order valence-corrected chi connectivity index (χ4v) is 3.98. The van der Waals surface area contributed by atoms with E-state index >= 15 is 0 Å². The minimum absolute atomic E-state index is 0.0914. The number of ether oxygens (including phenoxy) is 1. The maximum atomic E-state index is 12.2. The molecule has 3 rings (SSSR count). The summed E-state index contributed by atoms with van der Waals surface area (Å²) in [7, 11) is 0. The number of thiophene rings is 1. The third kappa shape index (κ3) is 3.51. The molecule has 0 spiro atoms. The summed E-state index contributed by atoms with van der Waals surface area (Å²) in [5.41, 5.74) is 2.91. The molecule has 7 heteroatoms. The van der Waals surface area contributed by atoms with Gasteiger partial charge < -0.3 is 10.1 Å². The second-order valence-corrected chi connectivity index (χ2v) is 7.89. The number of hydrogen-bond acceptors (Lipinski definition) is 5. The molecular formula is C17H16IN3O2S. The molecule has 1 N–H and O–H groups in total. The Morgan fingerprint density at radius 2 is 2.08 bits per heavy atom. The molecule has 0 saturated heterocycles. The molecule has 24 heavy (non-hydrogen) atoms. The zero-order valence-corrected chi connectivity index (χ0v) is 16.5. The number of nitrogens with zero attached hydrogens (tertiary/aromatic N) is 2. The summed E-state index contributed by atoms with van der Waals surface area (Å²) in [4.78, 5) is 22.7. The van der Waals surface area contributed by atoms with Gasteiger partial charge in [0.15, 0.2) is 6.61 Å². The Hall–Kier alpha value is -1.74. The summed E-state index contributed by atoms with van der Waals surface area (Å²) < 4.78 is 6.78. The number of carbonyl (C=O) groups excluding carboxylic acids is 1. The molecule has 0 aliphatic carbocycles. The number of aromatic nitrogens is 2. The molecule has 2 heterocycles. The van der Waals surface area contributed by atoms with Crippen LogP contribution in [0.4, 0.5) is 5.69 Å². The van der Waals surface area contributed by atoms with E-state index in [9.17, 15) is 4.79 Å². The highest BCUT2D eigenvalue weighted by molar-refractivity contribution is 14.1. The third-order valence-corrected chi connectivity index (χ3v) is 5.52. The molecular weight excluding hydrogens is 437 g/mol. The van der Waals surface area contributed by atoms with Crippen LogP contribution in [0, 0.1) is 24.3 Å². The smallest absolute Gasteiger partial charge is 0.262 e. The lowest BCUT2D eigenvalue weighted by molar-refractivity contribution is -0.118. The van der Waals surface area contributed by atoms with Gasteiger partial charge in [0.2, 0.25) is 5.88 Å². The largest absolute Gasteiger partial charge is 0.467 e. The molecule has 1 amide bonds. The van der Waals surface area contributed by atoms with Crippen LogP contribution in [-0.2, 0) is 4.79 Å². The molecule has 0 fully saturated rings. The number of fused-ring (bicyclic) bond motifs is 1. The molecule has 5 nitrogen and oxygen atoms in total. The van der Waals surface area contributed by atoms with Crippen molar-refractivity contribution in [2.24, 2.45) is 0 Å². The van der Waals surface area contributed by atoms with Gasteiger partial charge in [-0.25, -0.2) is 9.97 Å². The van der Waals surface area contributed by atoms with Crippen LogP contribution in [0.15, 0.2) is 24.5 Å². The number of amides is 1. The molecule has 0 radical (unpaired) electrons. The van der Waals surface area contributed by atoms with Crippen molar-refractivity contribution in [1.29, 1.82) is 0 Å². The lowest BCUT2D eigenvalue weighted by atomic mass is 10.2. The summed E-state index contributed by atoms with van der Waals surface area (Å²) in [6, 6.07) is 5.86. The van der Waals surface area contributed by atoms with E-state index in [1.54, 1.807) is 11.3 Å². The van der Waals surface area contributed by atoms with Gasteiger partial charge in [-0.2, -0.15) is 0 Å². The highest BCUT2D eigenvalue weighted by atomic mass is 127. The molecule has 0 aliphatic rings. The predicted octanol–water partition coefficient (Wildman–Crippen LogP) is 4.24. The second kappa shape index (κ2) is 7.02. The van der Waals surface area contributed by atoms with E-state index in [1.165, 1.54) is 11.2 Å². The molecule has 0 atom stereocenters. The van der Waals surface area contributed by atoms with Gasteiger partial charge in [-0.1, -0.05) is 0 Å². The summed E-state index contributed by atoms with van der Waals surface area (Å²) >= 11 is 3.84. The first kappa shape index (κ1) is 17.1. The average molecular weight is 453 g/mol. The van der Waals surface area contributed by atoms with Crippen molar-refractivity contribution in [2.75, 3.05) is 11.9 Å². The van der Waals surface area contributed by atoms with Crippen molar-refractivity contribution in [3.05, 3.63) is 44.1 Å². The monoisotopic (exact) mass is 453 g/mol. The van der Waals surface area contributed by atoms with Gasteiger partial charge in [0, 0.05) is 14.1 Å². The Morgan fingerprint density at radius 1 is 1.29 bits per heavy atom. The van der Waals surface area contributed by atoms with Crippen LogP contribution in [0.2, 0.25) is 0 Å². The van der Waals surface area contributed by atoms with Gasteiger partial charge in [-0.15, -0.1) is 11.3 Å². The summed E-state index contributed by atoms with van der Waals surface area (Å²) in [5.74, 6) is 0.243. The molecule has 2 aromatic heterocycles. The van der Waals surface area contributed by atoms with Crippen LogP contribution in [0.5, 0.6) is 5.88 Å². The van der Waals surface area contributed by atoms with Crippen LogP contribution in [-0.4, -0.2) is 22.5 Å². The molecule has 0 aliphatic heterocycles. The van der Waals surface area contributed by atoms with Gasteiger partial charge in [0.25, 0.3) is 5.91 Å². The van der Waals surface area contributed by atoms with Crippen LogP contribution in [0.25, 0.3) is 10.2 Å². The summed E-state index contributed by atoms with van der Waals surface area (Å²) in [6.07, 6.45) is 1.47. The number of aryl methyl sites for hydroxylation is 3. The fourth-order valence-electron chi connectivity index (χ4n) is 2.35. The number of anilines is 1. The quantitative estimate of drug-likeness (QED) is 0.601. The molecule has 124 valence electrons. The van der Waals surface area contributed by atoms with Gasteiger partial charge >= 0.3 is 0 Å². The van der Waals surface area contributed by atoms with Crippen LogP contribution in [0.1, 0.15) is 16.0 Å². The minimum Gasteiger partial charge on any atom is -0.467 e. The SMILES string of the molecule is Cc1cc(I)ccc1NC(=O)COc1ncnc2sc(C)c(C)c12. The standard InChI is InChI=1S/C17H16IN3O2S/c1-9-6-12(18)4-5-13(9)21-14(22)7-23-16-15-10(2)11(3)24-17(15)20-8-19-16/h4-6,8H,7H2,1-3H3,(H,21,22). The van der Waals surface area contributed by atoms with Crippen molar-refractivity contribution < 1.29 is 9.53 Å². The molecule has 3 aromatic rings. The van der Waals surface area contributed by atoms with E-state index < -0.39 is 0 Å². The lowest BCUT2D eigenvalue weighted by Gasteiger charge is -2.10. The van der Waals surface area contributed by atoms with Crippen LogP contribution < -0.4 is 10.1 Å². The average Bonchev–Trinajstić information content (AvgIpc) is 2.83. The fraction of sp³-hybridized carbons (Fsp3) is 0.235. The van der Waals surface area contributed by atoms with E-state index in [0.29, 0.717) is 5.88 Å². The van der Waals surface area contributed by atoms with Crippen molar-refractivity contribution in [2.45, 2.75) is 20.8 Å². The van der Waals surface area contributed by atoms with E-state index in [1.807, 2.05) is 39.0 Å². The van der Waals surface area contributed by atoms with Gasteiger partial charge in [-0.3, -0.25) is 4.79 Å². The van der Waals surface area contributed by atoms with Crippen LogP contribution in [0.3, 0.4) is 0 Å². The summed E-state index contributed by atoms with van der Waals surface area (Å²) in [6.45, 7) is 5.92. The van der Waals surface area contributed by atoms with Gasteiger partial charge in [0.05, 0.1) is 5.39 Å².